The van der Waals surface area contributed by atoms with Gasteiger partial charge in [0.15, 0.2) is 8.64 Å². The van der Waals surface area contributed by atoms with E-state index in [0.29, 0.717) is 0 Å². The molecule has 2 N–H and O–H groups in total. The zero-order valence-corrected chi connectivity index (χ0v) is 15.7. The van der Waals surface area contributed by atoms with Crippen LogP contribution in [0.5, 0.6) is 0 Å². The summed E-state index contributed by atoms with van der Waals surface area (Å²) in [4.78, 5) is 0. The first-order chi connectivity index (χ1) is 8.41. The minimum absolute atomic E-state index is 0.785. The van der Waals surface area contributed by atoms with Gasteiger partial charge in [-0.2, -0.15) is 0 Å². The summed E-state index contributed by atoms with van der Waals surface area (Å²) in [6.45, 7) is 0. The Kier molecular flexibility index (Phi) is 12.6. The molecule has 10 heteroatoms. The monoisotopic (exact) mass is 362 g/mol. The maximum Gasteiger partial charge on any atom is 0.158 e. The van der Waals surface area contributed by atoms with Gasteiger partial charge in [-0.15, -0.1) is 0 Å². The lowest BCUT2D eigenvalue weighted by molar-refractivity contribution is 0.368. The van der Waals surface area contributed by atoms with Crippen molar-refractivity contribution in [2.45, 2.75) is 0 Å². The van der Waals surface area contributed by atoms with Crippen LogP contribution in [0.15, 0.2) is 0 Å². The third-order valence-corrected chi connectivity index (χ3v) is 6.89. The number of rotatable bonds is 7. The number of nitrogens with zero attached hydrogens (tertiary/aromatic N) is 2. The molecular weight excluding hydrogens is 345 g/mol. The average Bonchev–Trinajstić information content (AvgIpc) is 2.20. The van der Waals surface area contributed by atoms with Crippen molar-refractivity contribution in [1.82, 2.24) is 20.9 Å². The van der Waals surface area contributed by atoms with E-state index in [1.807, 2.05) is 38.2 Å². The number of hydrogen-bond donors (Lipinski definition) is 2. The van der Waals surface area contributed by atoms with Crippen LogP contribution in [0.4, 0.5) is 0 Å². The highest BCUT2D eigenvalue weighted by molar-refractivity contribution is 8.85. The van der Waals surface area contributed by atoms with E-state index in [1.165, 1.54) is 0 Å². The highest BCUT2D eigenvalue weighted by Crippen LogP contribution is 2.27. The van der Waals surface area contributed by atoms with Crippen molar-refractivity contribution >= 4 is 76.3 Å². The largest absolute Gasteiger partial charge is 0.304 e. The maximum atomic E-state index is 5.14. The third kappa shape index (κ3) is 13.5. The van der Waals surface area contributed by atoms with Crippen molar-refractivity contribution in [3.63, 3.8) is 0 Å². The van der Waals surface area contributed by atoms with Crippen LogP contribution in [-0.4, -0.2) is 58.4 Å². The van der Waals surface area contributed by atoms with E-state index in [9.17, 15) is 0 Å². The van der Waals surface area contributed by atoms with Crippen LogP contribution in [0, 0.1) is 0 Å². The molecule has 0 saturated carbocycles. The second kappa shape index (κ2) is 11.9. The molecular formula is C8H18N4S6. The SMILES string of the molecule is CN(C)NC(=S)SSCCSSC(=S)NN(C)C. The Balaban J connectivity index is 3.36. The molecule has 0 aliphatic heterocycles. The second-order valence-corrected chi connectivity index (χ2v) is 9.58. The van der Waals surface area contributed by atoms with E-state index in [0.717, 1.165) is 20.1 Å². The summed E-state index contributed by atoms with van der Waals surface area (Å²) in [7, 11) is 14.4. The van der Waals surface area contributed by atoms with Crippen LogP contribution < -0.4 is 10.9 Å². The van der Waals surface area contributed by atoms with E-state index in [4.69, 9.17) is 24.4 Å². The highest BCUT2D eigenvalue weighted by Gasteiger charge is 2.01. The minimum Gasteiger partial charge on any atom is -0.304 e. The van der Waals surface area contributed by atoms with E-state index in [2.05, 4.69) is 10.9 Å². The first-order valence-electron chi connectivity index (χ1n) is 4.96. The van der Waals surface area contributed by atoms with Gasteiger partial charge < -0.3 is 10.9 Å². The molecule has 4 nitrogen and oxygen atoms in total. The lowest BCUT2D eigenvalue weighted by atomic mass is 11.0. The number of thiocarbonyl (C=S) groups is 2. The average molecular weight is 363 g/mol. The standard InChI is InChI=1S/C8H18N4S6/c1-11(2)9-7(13)17-15-5-6-16-18-8(14)10-12(3)4/h5-6H2,1-4H3,(H,9,13)(H,10,14). The first-order valence-corrected chi connectivity index (χ1v) is 10.4. The summed E-state index contributed by atoms with van der Waals surface area (Å²) >= 11 is 10.3. The topological polar surface area (TPSA) is 30.5 Å². The summed E-state index contributed by atoms with van der Waals surface area (Å²) in [6, 6.07) is 0. The molecule has 0 aliphatic carbocycles. The summed E-state index contributed by atoms with van der Waals surface area (Å²) in [6.07, 6.45) is 0. The summed E-state index contributed by atoms with van der Waals surface area (Å²) in [5.41, 5.74) is 6.06. The predicted octanol–water partition coefficient (Wildman–Crippen LogP) is 2.45. The van der Waals surface area contributed by atoms with Crippen molar-refractivity contribution in [3.8, 4) is 0 Å². The molecule has 0 bridgehead atoms. The quantitative estimate of drug-likeness (QED) is 0.305. The van der Waals surface area contributed by atoms with Crippen LogP contribution in [0.2, 0.25) is 0 Å². The molecule has 0 unspecified atom stereocenters. The molecule has 0 aromatic carbocycles. The Morgan fingerprint density at radius 3 is 1.44 bits per heavy atom. The molecule has 0 heterocycles. The Morgan fingerprint density at radius 1 is 0.833 bits per heavy atom. The van der Waals surface area contributed by atoms with Crippen molar-refractivity contribution in [2.75, 3.05) is 39.7 Å². The van der Waals surface area contributed by atoms with Crippen LogP contribution in [0.1, 0.15) is 0 Å². The van der Waals surface area contributed by atoms with E-state index in [1.54, 1.807) is 43.2 Å². The molecule has 0 aromatic heterocycles. The lowest BCUT2D eigenvalue weighted by Crippen LogP contribution is -2.32. The molecule has 0 radical (unpaired) electrons. The molecule has 0 saturated heterocycles. The lowest BCUT2D eigenvalue weighted by Gasteiger charge is -2.13. The van der Waals surface area contributed by atoms with Gasteiger partial charge in [0.25, 0.3) is 0 Å². The van der Waals surface area contributed by atoms with Crippen molar-refractivity contribution in [3.05, 3.63) is 0 Å². The molecule has 0 rings (SSSR count). The normalized spacial score (nSPS) is 10.8. The number of nitrogens with one attached hydrogen (secondary N) is 2. The van der Waals surface area contributed by atoms with E-state index >= 15 is 0 Å². The first kappa shape index (κ1) is 19.1. The second-order valence-electron chi connectivity index (χ2n) is 3.40. The molecule has 18 heavy (non-hydrogen) atoms. The fourth-order valence-corrected chi connectivity index (χ4v) is 5.85. The van der Waals surface area contributed by atoms with Crippen LogP contribution in [-0.2, 0) is 0 Å². The Morgan fingerprint density at radius 2 is 1.17 bits per heavy atom. The summed E-state index contributed by atoms with van der Waals surface area (Å²) < 4.78 is 1.57. The Hall–Kier alpha value is 1.10. The van der Waals surface area contributed by atoms with E-state index < -0.39 is 0 Å². The van der Waals surface area contributed by atoms with Gasteiger partial charge >= 0.3 is 0 Å². The summed E-state index contributed by atoms with van der Waals surface area (Å²) in [5, 5.41) is 3.68. The zero-order valence-electron chi connectivity index (χ0n) is 10.8. The predicted molar refractivity (Wildman–Crippen MR) is 98.9 cm³/mol. The number of hydrazine groups is 2. The molecule has 0 atom stereocenters. The van der Waals surface area contributed by atoms with Crippen molar-refractivity contribution in [2.24, 2.45) is 0 Å². The molecule has 0 fully saturated rings. The molecule has 0 spiro atoms. The van der Waals surface area contributed by atoms with Gasteiger partial charge in [0.05, 0.1) is 0 Å². The van der Waals surface area contributed by atoms with Gasteiger partial charge in [-0.3, -0.25) is 0 Å². The van der Waals surface area contributed by atoms with Gasteiger partial charge in [0.2, 0.25) is 0 Å². The van der Waals surface area contributed by atoms with Gasteiger partial charge in [-0.1, -0.05) is 46.0 Å². The molecule has 106 valence electrons. The van der Waals surface area contributed by atoms with Crippen LogP contribution in [0.25, 0.3) is 0 Å². The third-order valence-electron chi connectivity index (χ3n) is 1.15. The fraction of sp³-hybridized carbons (Fsp3) is 0.750. The van der Waals surface area contributed by atoms with Crippen LogP contribution in [0.3, 0.4) is 0 Å². The van der Waals surface area contributed by atoms with E-state index in [-0.39, 0.29) is 0 Å². The van der Waals surface area contributed by atoms with Crippen molar-refractivity contribution < 1.29 is 0 Å². The Labute approximate surface area is 136 Å². The maximum absolute atomic E-state index is 5.14. The zero-order chi connectivity index (χ0) is 14.0. The summed E-state index contributed by atoms with van der Waals surface area (Å²) in [5.74, 6) is 2.06. The minimum atomic E-state index is 0.785. The fourth-order valence-electron chi connectivity index (χ4n) is 0.661. The highest BCUT2D eigenvalue weighted by atomic mass is 33.1. The van der Waals surface area contributed by atoms with Crippen LogP contribution >= 0.6 is 67.6 Å². The molecule has 0 aromatic rings. The smallest absolute Gasteiger partial charge is 0.158 e. The Bertz CT molecular complexity index is 234. The number of hydrogen-bond acceptors (Lipinski definition) is 8. The van der Waals surface area contributed by atoms with Gasteiger partial charge in [0.1, 0.15) is 0 Å². The molecule has 0 aliphatic rings. The van der Waals surface area contributed by atoms with Gasteiger partial charge in [-0.05, 0) is 21.6 Å². The van der Waals surface area contributed by atoms with Gasteiger partial charge in [-0.25, -0.2) is 10.0 Å². The van der Waals surface area contributed by atoms with Crippen molar-refractivity contribution in [1.29, 1.82) is 0 Å². The molecule has 0 amide bonds. The van der Waals surface area contributed by atoms with Gasteiger partial charge in [0, 0.05) is 39.7 Å².